The smallest absolute Gasteiger partial charge is 0.227 e. The Morgan fingerprint density at radius 3 is 3.00 bits per heavy atom. The Hall–Kier alpha value is -1.25. The van der Waals surface area contributed by atoms with E-state index in [1.165, 1.54) is 12.5 Å². The molecule has 3 nitrogen and oxygen atoms in total. The number of nitrogens with one attached hydrogen (secondary N) is 1. The van der Waals surface area contributed by atoms with Gasteiger partial charge in [0.25, 0.3) is 0 Å². The number of carbonyl (C=O) groups excluding carboxylic acids is 1. The minimum Gasteiger partial charge on any atom is -0.470 e. The van der Waals surface area contributed by atoms with E-state index in [1.807, 2.05) is 13.8 Å². The zero-order chi connectivity index (χ0) is 8.97. The number of amides is 1. The topological polar surface area (TPSA) is 42.2 Å². The Morgan fingerprint density at radius 1 is 1.75 bits per heavy atom. The summed E-state index contributed by atoms with van der Waals surface area (Å²) in [7, 11) is 0. The second-order valence-electron chi connectivity index (χ2n) is 2.81. The quantitative estimate of drug-likeness (QED) is 0.750. The third-order valence-corrected chi connectivity index (χ3v) is 1.85. The lowest BCUT2D eigenvalue weighted by molar-refractivity contribution is -0.119. The molecule has 0 aromatic carbocycles. The number of carbonyl (C=O) groups is 1. The number of anilines is 1. The van der Waals surface area contributed by atoms with Crippen LogP contribution in [0.3, 0.4) is 0 Å². The molecule has 1 aromatic heterocycles. The molecular formula is C9H13NO2. The molecule has 0 saturated carbocycles. The molecule has 0 saturated heterocycles. The molecule has 1 heterocycles. The fraction of sp³-hybridized carbons (Fsp3) is 0.444. The lowest BCUT2D eigenvalue weighted by atomic mass is 10.1. The molecule has 1 N–H and O–H groups in total. The van der Waals surface area contributed by atoms with Gasteiger partial charge in [0.05, 0.1) is 12.0 Å². The van der Waals surface area contributed by atoms with Gasteiger partial charge in [0.2, 0.25) is 5.91 Å². The molecule has 0 spiro atoms. The summed E-state index contributed by atoms with van der Waals surface area (Å²) in [6, 6.07) is 1.72. The van der Waals surface area contributed by atoms with E-state index in [9.17, 15) is 4.79 Å². The Morgan fingerprint density at radius 2 is 2.50 bits per heavy atom. The second kappa shape index (κ2) is 3.95. The summed E-state index contributed by atoms with van der Waals surface area (Å²) in [5.41, 5.74) is 0.723. The SMILES string of the molecule is CCC(C)C(=O)Nc1ccoc1. The second-order valence-corrected chi connectivity index (χ2v) is 2.81. The van der Waals surface area contributed by atoms with Gasteiger partial charge in [0.1, 0.15) is 6.26 Å². The summed E-state index contributed by atoms with van der Waals surface area (Å²) in [5.74, 6) is 0.0961. The molecule has 1 aromatic rings. The van der Waals surface area contributed by atoms with Crippen LogP contribution in [0.4, 0.5) is 5.69 Å². The van der Waals surface area contributed by atoms with Crippen LogP contribution in [0.1, 0.15) is 20.3 Å². The van der Waals surface area contributed by atoms with E-state index >= 15 is 0 Å². The largest absolute Gasteiger partial charge is 0.470 e. The van der Waals surface area contributed by atoms with Crippen molar-refractivity contribution in [1.29, 1.82) is 0 Å². The normalized spacial score (nSPS) is 12.5. The van der Waals surface area contributed by atoms with Gasteiger partial charge in [-0.2, -0.15) is 0 Å². The van der Waals surface area contributed by atoms with E-state index in [0.29, 0.717) is 0 Å². The molecule has 0 aliphatic rings. The average molecular weight is 167 g/mol. The van der Waals surface area contributed by atoms with Gasteiger partial charge in [-0.25, -0.2) is 0 Å². The summed E-state index contributed by atoms with van der Waals surface area (Å²) < 4.78 is 4.81. The number of hydrogen-bond donors (Lipinski definition) is 1. The summed E-state index contributed by atoms with van der Waals surface area (Å²) in [4.78, 5) is 11.3. The number of hydrogen-bond acceptors (Lipinski definition) is 2. The predicted octanol–water partition coefficient (Wildman–Crippen LogP) is 2.26. The molecule has 1 rings (SSSR count). The van der Waals surface area contributed by atoms with Crippen molar-refractivity contribution >= 4 is 11.6 Å². The molecule has 0 fully saturated rings. The minimum absolute atomic E-state index is 0.0406. The van der Waals surface area contributed by atoms with E-state index in [4.69, 9.17) is 4.42 Å². The van der Waals surface area contributed by atoms with E-state index in [2.05, 4.69) is 5.32 Å². The molecule has 0 radical (unpaired) electrons. The summed E-state index contributed by atoms with van der Waals surface area (Å²) in [5, 5.41) is 2.74. The molecule has 0 aliphatic heterocycles. The molecule has 1 atom stereocenters. The zero-order valence-corrected chi connectivity index (χ0v) is 7.33. The highest BCUT2D eigenvalue weighted by molar-refractivity contribution is 5.91. The molecule has 66 valence electrons. The maximum absolute atomic E-state index is 11.3. The van der Waals surface area contributed by atoms with Crippen molar-refractivity contribution in [3.63, 3.8) is 0 Å². The Kier molecular flexibility index (Phi) is 2.91. The Bertz CT molecular complexity index is 241. The molecule has 0 bridgehead atoms. The van der Waals surface area contributed by atoms with Crippen LogP contribution in [0, 0.1) is 5.92 Å². The van der Waals surface area contributed by atoms with Gasteiger partial charge in [-0.1, -0.05) is 13.8 Å². The van der Waals surface area contributed by atoms with Crippen molar-refractivity contribution < 1.29 is 9.21 Å². The van der Waals surface area contributed by atoms with Crippen molar-refractivity contribution in [3.8, 4) is 0 Å². The first-order valence-corrected chi connectivity index (χ1v) is 4.07. The van der Waals surface area contributed by atoms with Gasteiger partial charge >= 0.3 is 0 Å². The highest BCUT2D eigenvalue weighted by Crippen LogP contribution is 2.09. The Labute approximate surface area is 71.8 Å². The third-order valence-electron chi connectivity index (χ3n) is 1.85. The molecule has 0 aliphatic carbocycles. The van der Waals surface area contributed by atoms with E-state index in [0.717, 1.165) is 12.1 Å². The maximum Gasteiger partial charge on any atom is 0.227 e. The van der Waals surface area contributed by atoms with Crippen LogP contribution in [0.5, 0.6) is 0 Å². The van der Waals surface area contributed by atoms with Gasteiger partial charge in [-0.15, -0.1) is 0 Å². The lowest BCUT2D eigenvalue weighted by Crippen LogP contribution is -2.19. The van der Waals surface area contributed by atoms with Gasteiger partial charge in [-0.3, -0.25) is 4.79 Å². The van der Waals surface area contributed by atoms with Crippen molar-refractivity contribution in [2.24, 2.45) is 5.92 Å². The van der Waals surface area contributed by atoms with Crippen LogP contribution in [0.2, 0.25) is 0 Å². The fourth-order valence-electron chi connectivity index (χ4n) is 0.786. The highest BCUT2D eigenvalue weighted by Gasteiger charge is 2.10. The van der Waals surface area contributed by atoms with Crippen LogP contribution in [0.15, 0.2) is 23.0 Å². The van der Waals surface area contributed by atoms with E-state index in [1.54, 1.807) is 6.07 Å². The first-order valence-electron chi connectivity index (χ1n) is 4.07. The standard InChI is InChI=1S/C9H13NO2/c1-3-7(2)9(11)10-8-4-5-12-6-8/h4-7H,3H2,1-2H3,(H,10,11). The van der Waals surface area contributed by atoms with Gasteiger partial charge < -0.3 is 9.73 Å². The van der Waals surface area contributed by atoms with Gasteiger partial charge in [0, 0.05) is 5.92 Å². The van der Waals surface area contributed by atoms with Crippen molar-refractivity contribution in [2.75, 3.05) is 5.32 Å². The first kappa shape index (κ1) is 8.84. The van der Waals surface area contributed by atoms with Crippen LogP contribution in [0.25, 0.3) is 0 Å². The van der Waals surface area contributed by atoms with Crippen LogP contribution >= 0.6 is 0 Å². The van der Waals surface area contributed by atoms with Crippen LogP contribution in [-0.2, 0) is 4.79 Å². The van der Waals surface area contributed by atoms with E-state index < -0.39 is 0 Å². The molecule has 1 unspecified atom stereocenters. The maximum atomic E-state index is 11.3. The van der Waals surface area contributed by atoms with Crippen molar-refractivity contribution in [2.45, 2.75) is 20.3 Å². The van der Waals surface area contributed by atoms with Crippen LogP contribution in [-0.4, -0.2) is 5.91 Å². The third kappa shape index (κ3) is 2.12. The number of furan rings is 1. The molecular weight excluding hydrogens is 154 g/mol. The molecule has 12 heavy (non-hydrogen) atoms. The monoisotopic (exact) mass is 167 g/mol. The van der Waals surface area contributed by atoms with Gasteiger partial charge in [-0.05, 0) is 12.5 Å². The average Bonchev–Trinajstić information content (AvgIpc) is 2.55. The lowest BCUT2D eigenvalue weighted by Gasteiger charge is -2.06. The first-order chi connectivity index (χ1) is 5.74. The van der Waals surface area contributed by atoms with Crippen molar-refractivity contribution in [1.82, 2.24) is 0 Å². The minimum atomic E-state index is 0.0406. The van der Waals surface area contributed by atoms with E-state index in [-0.39, 0.29) is 11.8 Å². The summed E-state index contributed by atoms with van der Waals surface area (Å²) in [6.45, 7) is 3.88. The zero-order valence-electron chi connectivity index (χ0n) is 7.33. The molecule has 3 heteroatoms. The summed E-state index contributed by atoms with van der Waals surface area (Å²) in [6.07, 6.45) is 3.90. The molecule has 1 amide bonds. The Balaban J connectivity index is 2.47. The summed E-state index contributed by atoms with van der Waals surface area (Å²) >= 11 is 0. The van der Waals surface area contributed by atoms with Gasteiger partial charge in [0.15, 0.2) is 0 Å². The predicted molar refractivity (Wildman–Crippen MR) is 46.8 cm³/mol. The van der Waals surface area contributed by atoms with Crippen molar-refractivity contribution in [3.05, 3.63) is 18.6 Å². The fourth-order valence-corrected chi connectivity index (χ4v) is 0.786. The number of rotatable bonds is 3. The highest BCUT2D eigenvalue weighted by atomic mass is 16.3. The van der Waals surface area contributed by atoms with Crippen LogP contribution < -0.4 is 5.32 Å².